The van der Waals surface area contributed by atoms with Gasteiger partial charge in [-0.2, -0.15) is 0 Å². The van der Waals surface area contributed by atoms with Crippen molar-refractivity contribution in [1.29, 1.82) is 0 Å². The van der Waals surface area contributed by atoms with Crippen molar-refractivity contribution in [2.24, 2.45) is 5.84 Å². The lowest BCUT2D eigenvalue weighted by atomic mass is 10.1. The highest BCUT2D eigenvalue weighted by atomic mass is 16.5. The van der Waals surface area contributed by atoms with Gasteiger partial charge in [-0.15, -0.1) is 0 Å². The molecule has 0 radical (unpaired) electrons. The minimum Gasteiger partial charge on any atom is -0.481 e. The summed E-state index contributed by atoms with van der Waals surface area (Å²) in [6.45, 7) is 0. The van der Waals surface area contributed by atoms with Crippen LogP contribution in [0.2, 0.25) is 0 Å². The average molecular weight is 286 g/mol. The van der Waals surface area contributed by atoms with Crippen LogP contribution >= 0.6 is 0 Å². The first-order valence-corrected chi connectivity index (χ1v) is 7.04. The van der Waals surface area contributed by atoms with E-state index in [1.54, 1.807) is 13.2 Å². The van der Waals surface area contributed by atoms with Gasteiger partial charge in [0.2, 0.25) is 5.88 Å². The van der Waals surface area contributed by atoms with Gasteiger partial charge in [0.15, 0.2) is 5.82 Å². The van der Waals surface area contributed by atoms with E-state index in [0.29, 0.717) is 23.2 Å². The number of rotatable bonds is 3. The quantitative estimate of drug-likeness (QED) is 0.501. The Labute approximate surface area is 123 Å². The number of nitrogen functional groups attached to an aromatic ring is 1. The maximum atomic E-state index is 5.63. The number of nitrogens with one attached hydrogen (secondary N) is 1. The van der Waals surface area contributed by atoms with E-state index in [2.05, 4.69) is 25.4 Å². The molecule has 3 N–H and O–H groups in total. The third-order valence-corrected chi connectivity index (χ3v) is 3.65. The van der Waals surface area contributed by atoms with Crippen LogP contribution in [0.15, 0.2) is 12.4 Å². The van der Waals surface area contributed by atoms with Gasteiger partial charge in [0.05, 0.1) is 7.11 Å². The van der Waals surface area contributed by atoms with Crippen molar-refractivity contribution in [3.63, 3.8) is 0 Å². The van der Waals surface area contributed by atoms with Gasteiger partial charge in [-0.25, -0.2) is 25.8 Å². The highest BCUT2D eigenvalue weighted by molar-refractivity contribution is 5.57. The number of methoxy groups -OCH3 is 1. The predicted octanol–water partition coefficient (Wildman–Crippen LogP) is 1.50. The van der Waals surface area contributed by atoms with Crippen molar-refractivity contribution < 1.29 is 4.74 Å². The largest absolute Gasteiger partial charge is 0.481 e. The van der Waals surface area contributed by atoms with Crippen LogP contribution in [-0.2, 0) is 12.8 Å². The van der Waals surface area contributed by atoms with Crippen LogP contribution in [0.1, 0.15) is 30.5 Å². The van der Waals surface area contributed by atoms with Crippen LogP contribution in [0.3, 0.4) is 0 Å². The normalized spacial score (nSPS) is 14.2. The van der Waals surface area contributed by atoms with Crippen LogP contribution in [0.5, 0.6) is 5.88 Å². The Morgan fingerprint density at radius 1 is 1.14 bits per heavy atom. The summed E-state index contributed by atoms with van der Waals surface area (Å²) in [4.78, 5) is 17.4. The molecule has 0 saturated heterocycles. The molecule has 2 aromatic rings. The summed E-state index contributed by atoms with van der Waals surface area (Å²) in [5.74, 6) is 7.35. The molecule has 7 heteroatoms. The molecule has 0 unspecified atom stereocenters. The standard InChI is InChI=1S/C14H18N6O/c1-21-12-7-11(16-8-17-12)14-18-10-6-4-2-3-5-9(10)13(19-14)20-15/h7-8H,2-6,15H2,1H3,(H,18,19,20). The molecule has 0 aromatic carbocycles. The fourth-order valence-electron chi connectivity index (χ4n) is 2.58. The second-order valence-electron chi connectivity index (χ2n) is 4.97. The molecule has 0 saturated carbocycles. The van der Waals surface area contributed by atoms with Crippen molar-refractivity contribution in [2.45, 2.75) is 32.1 Å². The van der Waals surface area contributed by atoms with Crippen molar-refractivity contribution in [3.05, 3.63) is 23.7 Å². The Hall–Kier alpha value is -2.28. The summed E-state index contributed by atoms with van der Waals surface area (Å²) in [7, 11) is 1.57. The average Bonchev–Trinajstić information content (AvgIpc) is 2.79. The SMILES string of the molecule is COc1cc(-c2nc3c(c(NN)n2)CCCCC3)ncn1. The number of fused-ring (bicyclic) bond motifs is 1. The smallest absolute Gasteiger partial charge is 0.216 e. The van der Waals surface area contributed by atoms with Gasteiger partial charge in [-0.05, 0) is 25.7 Å². The lowest BCUT2D eigenvalue weighted by molar-refractivity contribution is 0.397. The van der Waals surface area contributed by atoms with Crippen molar-refractivity contribution >= 4 is 5.82 Å². The minimum atomic E-state index is 0.487. The summed E-state index contributed by atoms with van der Waals surface area (Å²) in [5.41, 5.74) is 5.51. The molecule has 0 amide bonds. The van der Waals surface area contributed by atoms with Crippen molar-refractivity contribution in [3.8, 4) is 17.4 Å². The summed E-state index contributed by atoms with van der Waals surface area (Å²) in [5, 5.41) is 0. The first-order chi connectivity index (χ1) is 10.3. The molecule has 0 fully saturated rings. The number of hydrogen-bond donors (Lipinski definition) is 2. The molecule has 0 atom stereocenters. The van der Waals surface area contributed by atoms with E-state index in [0.717, 1.165) is 36.9 Å². The zero-order chi connectivity index (χ0) is 14.7. The number of nitrogens with zero attached hydrogens (tertiary/aromatic N) is 4. The molecule has 7 nitrogen and oxygen atoms in total. The van der Waals surface area contributed by atoms with E-state index in [9.17, 15) is 0 Å². The van der Waals surface area contributed by atoms with Gasteiger partial charge in [-0.1, -0.05) is 6.42 Å². The summed E-state index contributed by atoms with van der Waals surface area (Å²) >= 11 is 0. The first-order valence-electron chi connectivity index (χ1n) is 7.04. The van der Waals surface area contributed by atoms with E-state index in [4.69, 9.17) is 10.6 Å². The van der Waals surface area contributed by atoms with Gasteiger partial charge < -0.3 is 10.2 Å². The van der Waals surface area contributed by atoms with Gasteiger partial charge in [0.1, 0.15) is 17.8 Å². The maximum absolute atomic E-state index is 5.63. The number of nitrogens with two attached hydrogens (primary N) is 1. The zero-order valence-electron chi connectivity index (χ0n) is 12.0. The topological polar surface area (TPSA) is 98.8 Å². The molecule has 2 heterocycles. The van der Waals surface area contributed by atoms with Crippen LogP contribution in [0, 0.1) is 0 Å². The van der Waals surface area contributed by atoms with Crippen molar-refractivity contribution in [1.82, 2.24) is 19.9 Å². The van der Waals surface area contributed by atoms with E-state index in [1.165, 1.54) is 12.7 Å². The van der Waals surface area contributed by atoms with E-state index >= 15 is 0 Å². The molecular weight excluding hydrogens is 268 g/mol. The van der Waals surface area contributed by atoms with Gasteiger partial charge in [0, 0.05) is 17.3 Å². The number of anilines is 1. The second-order valence-corrected chi connectivity index (χ2v) is 4.97. The second kappa shape index (κ2) is 6.01. The lowest BCUT2D eigenvalue weighted by Crippen LogP contribution is -2.14. The Bertz CT molecular complexity index is 645. The monoisotopic (exact) mass is 286 g/mol. The molecule has 0 bridgehead atoms. The maximum Gasteiger partial charge on any atom is 0.216 e. The van der Waals surface area contributed by atoms with Crippen LogP contribution < -0.4 is 16.0 Å². The van der Waals surface area contributed by atoms with Crippen LogP contribution in [-0.4, -0.2) is 27.0 Å². The fourth-order valence-corrected chi connectivity index (χ4v) is 2.58. The Morgan fingerprint density at radius 2 is 2.00 bits per heavy atom. The molecular formula is C14H18N6O. The molecule has 2 aromatic heterocycles. The van der Waals surface area contributed by atoms with Gasteiger partial charge in [0.25, 0.3) is 0 Å². The number of aryl methyl sites for hydroxylation is 1. The van der Waals surface area contributed by atoms with E-state index < -0.39 is 0 Å². The van der Waals surface area contributed by atoms with E-state index in [-0.39, 0.29) is 0 Å². The van der Waals surface area contributed by atoms with Gasteiger partial charge >= 0.3 is 0 Å². The molecule has 21 heavy (non-hydrogen) atoms. The summed E-state index contributed by atoms with van der Waals surface area (Å²) in [6, 6.07) is 1.72. The Morgan fingerprint density at radius 3 is 2.81 bits per heavy atom. The van der Waals surface area contributed by atoms with Crippen LogP contribution in [0.25, 0.3) is 11.5 Å². The predicted molar refractivity (Wildman–Crippen MR) is 78.7 cm³/mol. The van der Waals surface area contributed by atoms with Gasteiger partial charge in [-0.3, -0.25) is 0 Å². The summed E-state index contributed by atoms with van der Waals surface area (Å²) < 4.78 is 5.12. The number of hydrogen-bond acceptors (Lipinski definition) is 7. The molecule has 0 spiro atoms. The Kier molecular flexibility index (Phi) is 3.92. The first kappa shape index (κ1) is 13.7. The Balaban J connectivity index is 2.08. The molecule has 0 aliphatic heterocycles. The van der Waals surface area contributed by atoms with E-state index in [1.807, 2.05) is 0 Å². The number of aromatic nitrogens is 4. The third kappa shape index (κ3) is 2.78. The number of ether oxygens (including phenoxy) is 1. The molecule has 1 aliphatic carbocycles. The molecule has 3 rings (SSSR count). The highest BCUT2D eigenvalue weighted by Gasteiger charge is 2.17. The highest BCUT2D eigenvalue weighted by Crippen LogP contribution is 2.27. The summed E-state index contributed by atoms with van der Waals surface area (Å²) in [6.07, 6.45) is 6.84. The lowest BCUT2D eigenvalue weighted by Gasteiger charge is -2.12. The molecule has 1 aliphatic rings. The minimum absolute atomic E-state index is 0.487. The number of hydrazine groups is 1. The zero-order valence-corrected chi connectivity index (χ0v) is 12.0. The molecule has 110 valence electrons. The third-order valence-electron chi connectivity index (χ3n) is 3.65. The van der Waals surface area contributed by atoms with Crippen molar-refractivity contribution in [2.75, 3.05) is 12.5 Å². The van der Waals surface area contributed by atoms with Crippen LogP contribution in [0.4, 0.5) is 5.82 Å². The fraction of sp³-hybridized carbons (Fsp3) is 0.429.